The number of benzene rings is 1. The van der Waals surface area contributed by atoms with E-state index in [0.29, 0.717) is 0 Å². The second-order valence-electron chi connectivity index (χ2n) is 6.95. The minimum atomic E-state index is -0.957. The van der Waals surface area contributed by atoms with Crippen LogP contribution in [0.5, 0.6) is 0 Å². The Kier molecular flexibility index (Phi) is 4.37. The number of primary amides is 1. The Morgan fingerprint density at radius 2 is 1.93 bits per heavy atom. The number of amides is 2. The van der Waals surface area contributed by atoms with Gasteiger partial charge in [0.25, 0.3) is 11.8 Å². The van der Waals surface area contributed by atoms with Crippen LogP contribution in [0, 0.1) is 11.6 Å². The highest BCUT2D eigenvalue weighted by molar-refractivity contribution is 6.01. The van der Waals surface area contributed by atoms with Crippen LogP contribution in [-0.2, 0) is 11.2 Å². The lowest BCUT2D eigenvalue weighted by atomic mass is 10.0. The lowest BCUT2D eigenvalue weighted by Gasteiger charge is -2.37. The van der Waals surface area contributed by atoms with E-state index in [9.17, 15) is 28.0 Å². The first-order valence-corrected chi connectivity index (χ1v) is 8.79. The summed E-state index contributed by atoms with van der Waals surface area (Å²) >= 11 is 0. The summed E-state index contributed by atoms with van der Waals surface area (Å²) in [6, 6.07) is 2.62. The number of pyridine rings is 1. The summed E-state index contributed by atoms with van der Waals surface area (Å²) in [5.41, 5.74) is 4.29. The van der Waals surface area contributed by atoms with Crippen molar-refractivity contribution >= 4 is 17.6 Å². The highest BCUT2D eigenvalue weighted by Crippen LogP contribution is 2.28. The van der Waals surface area contributed by atoms with Crippen LogP contribution in [-0.4, -0.2) is 39.7 Å². The smallest absolute Gasteiger partial charge is 0.271 e. The number of nitrogens with zero attached hydrogens (tertiary/aromatic N) is 2. The summed E-state index contributed by atoms with van der Waals surface area (Å²) in [4.78, 5) is 50.6. The Labute approximate surface area is 163 Å². The van der Waals surface area contributed by atoms with Crippen LogP contribution < -0.4 is 11.2 Å². The number of hydrogen-bond acceptors (Lipinski definition) is 4. The van der Waals surface area contributed by atoms with Crippen LogP contribution in [0.3, 0.4) is 0 Å². The van der Waals surface area contributed by atoms with E-state index >= 15 is 0 Å². The monoisotopic (exact) mass is 399 g/mol. The number of aromatic nitrogens is 1. The summed E-state index contributed by atoms with van der Waals surface area (Å²) in [6.07, 6.45) is 3.94. The van der Waals surface area contributed by atoms with Crippen LogP contribution in [0.15, 0.2) is 47.4 Å². The normalized spacial score (nSPS) is 20.4. The molecular weight excluding hydrogens is 384 g/mol. The average Bonchev–Trinajstić information content (AvgIpc) is 2.80. The van der Waals surface area contributed by atoms with Crippen molar-refractivity contribution in [2.45, 2.75) is 18.5 Å². The molecule has 4 rings (SSSR count). The van der Waals surface area contributed by atoms with Gasteiger partial charge in [-0.25, -0.2) is 8.78 Å². The zero-order chi connectivity index (χ0) is 20.9. The first-order valence-electron chi connectivity index (χ1n) is 8.79. The third-order valence-corrected chi connectivity index (χ3v) is 5.19. The van der Waals surface area contributed by atoms with Gasteiger partial charge in [0.2, 0.25) is 0 Å². The molecule has 0 saturated carbocycles. The van der Waals surface area contributed by atoms with Gasteiger partial charge in [-0.2, -0.15) is 0 Å². The number of nitrogens with two attached hydrogens (primary N) is 1. The molecule has 2 amide bonds. The molecule has 1 aromatic carbocycles. The van der Waals surface area contributed by atoms with Gasteiger partial charge in [0.1, 0.15) is 28.9 Å². The lowest BCUT2D eigenvalue weighted by Crippen LogP contribution is -2.50. The van der Waals surface area contributed by atoms with Crippen molar-refractivity contribution in [3.63, 3.8) is 0 Å². The average molecular weight is 399 g/mol. The summed E-state index contributed by atoms with van der Waals surface area (Å²) in [5.74, 6) is -3.31. The SMILES string of the molecule is NC(=O)c1cn2c(cc1=O)C(=O)N1CC2C(=O)C=CC1Cc1ccc(F)cc1F. The Morgan fingerprint density at radius 1 is 1.17 bits per heavy atom. The maximum atomic E-state index is 14.1. The molecule has 2 aliphatic rings. The number of carbonyl (C=O) groups excluding carboxylic acids is 3. The molecule has 1 aromatic heterocycles. The molecule has 2 atom stereocenters. The summed E-state index contributed by atoms with van der Waals surface area (Å²) in [6.45, 7) is -0.0216. The van der Waals surface area contributed by atoms with Crippen molar-refractivity contribution in [2.75, 3.05) is 6.54 Å². The number of fused-ring (bicyclic) bond motifs is 4. The highest BCUT2D eigenvalue weighted by Gasteiger charge is 2.39. The Bertz CT molecular complexity index is 1150. The van der Waals surface area contributed by atoms with Gasteiger partial charge in [0.05, 0.1) is 6.04 Å². The van der Waals surface area contributed by atoms with Gasteiger partial charge >= 0.3 is 0 Å². The molecule has 7 nitrogen and oxygen atoms in total. The second-order valence-corrected chi connectivity index (χ2v) is 6.95. The minimum absolute atomic E-state index is 0.0216. The molecule has 2 bridgehead atoms. The van der Waals surface area contributed by atoms with Crippen molar-refractivity contribution in [2.24, 2.45) is 5.73 Å². The van der Waals surface area contributed by atoms with Crippen molar-refractivity contribution in [3.05, 3.63) is 81.3 Å². The second kappa shape index (κ2) is 6.77. The first-order chi connectivity index (χ1) is 13.8. The van der Waals surface area contributed by atoms with Gasteiger partial charge < -0.3 is 15.2 Å². The van der Waals surface area contributed by atoms with E-state index in [2.05, 4.69) is 0 Å². The third-order valence-electron chi connectivity index (χ3n) is 5.19. The molecule has 9 heteroatoms. The van der Waals surface area contributed by atoms with E-state index in [1.165, 1.54) is 27.7 Å². The van der Waals surface area contributed by atoms with Gasteiger partial charge in [0.15, 0.2) is 11.2 Å². The quantitative estimate of drug-likeness (QED) is 0.831. The zero-order valence-corrected chi connectivity index (χ0v) is 15.0. The predicted octanol–water partition coefficient (Wildman–Crippen LogP) is 0.973. The molecule has 0 fully saturated rings. The van der Waals surface area contributed by atoms with Crippen LogP contribution in [0.1, 0.15) is 32.5 Å². The number of hydrogen-bond donors (Lipinski definition) is 1. The number of rotatable bonds is 3. The van der Waals surface area contributed by atoms with Crippen LogP contribution in [0.2, 0.25) is 0 Å². The fourth-order valence-corrected chi connectivity index (χ4v) is 3.69. The molecule has 3 heterocycles. The largest absolute Gasteiger partial charge is 0.365 e. The maximum absolute atomic E-state index is 14.1. The molecule has 0 saturated heterocycles. The van der Waals surface area contributed by atoms with E-state index in [-0.39, 0.29) is 35.6 Å². The summed E-state index contributed by atoms with van der Waals surface area (Å²) in [7, 11) is 0. The summed E-state index contributed by atoms with van der Waals surface area (Å²) < 4.78 is 28.5. The fourth-order valence-electron chi connectivity index (χ4n) is 3.69. The van der Waals surface area contributed by atoms with Crippen LogP contribution >= 0.6 is 0 Å². The molecule has 29 heavy (non-hydrogen) atoms. The van der Waals surface area contributed by atoms with Crippen LogP contribution in [0.25, 0.3) is 0 Å². The minimum Gasteiger partial charge on any atom is -0.365 e. The van der Waals surface area contributed by atoms with Gasteiger partial charge in [-0.15, -0.1) is 0 Å². The number of carbonyl (C=O) groups is 3. The molecule has 2 aromatic rings. The van der Waals surface area contributed by atoms with Gasteiger partial charge in [0, 0.05) is 24.9 Å². The Hall–Kier alpha value is -3.62. The third kappa shape index (κ3) is 3.14. The van der Waals surface area contributed by atoms with Gasteiger partial charge in [-0.05, 0) is 24.1 Å². The van der Waals surface area contributed by atoms with Crippen molar-refractivity contribution in [1.82, 2.24) is 9.47 Å². The molecule has 2 N–H and O–H groups in total. The molecule has 2 aliphatic heterocycles. The highest BCUT2D eigenvalue weighted by atomic mass is 19.1. The number of allylic oxidation sites excluding steroid dienone is 1. The van der Waals surface area contributed by atoms with E-state index < -0.39 is 41.0 Å². The molecule has 0 aliphatic carbocycles. The number of halogens is 2. The van der Waals surface area contributed by atoms with E-state index in [1.807, 2.05) is 0 Å². The Balaban J connectivity index is 1.77. The molecular formula is C20H15F2N3O4. The topological polar surface area (TPSA) is 102 Å². The summed E-state index contributed by atoms with van der Waals surface area (Å²) in [5, 5.41) is 0. The fraction of sp³-hybridized carbons (Fsp3) is 0.200. The van der Waals surface area contributed by atoms with Crippen molar-refractivity contribution in [3.8, 4) is 0 Å². The zero-order valence-electron chi connectivity index (χ0n) is 15.0. The predicted molar refractivity (Wildman–Crippen MR) is 97.3 cm³/mol. The maximum Gasteiger partial charge on any atom is 0.271 e. The van der Waals surface area contributed by atoms with E-state index in [1.54, 1.807) is 0 Å². The molecule has 0 radical (unpaired) electrons. The van der Waals surface area contributed by atoms with Crippen molar-refractivity contribution < 1.29 is 23.2 Å². The molecule has 0 spiro atoms. The van der Waals surface area contributed by atoms with Gasteiger partial charge in [-0.1, -0.05) is 12.1 Å². The lowest BCUT2D eigenvalue weighted by molar-refractivity contribution is -0.118. The van der Waals surface area contributed by atoms with Gasteiger partial charge in [-0.3, -0.25) is 19.2 Å². The van der Waals surface area contributed by atoms with E-state index in [4.69, 9.17) is 5.73 Å². The number of ketones is 1. The first kappa shape index (κ1) is 18.7. The standard InChI is InChI=1S/C20H15F2N3O4/c21-11-2-1-10(14(22)6-11)5-12-3-4-17(26)16-9-24(12)20(29)15-7-18(27)13(19(23)28)8-25(15)16/h1-4,6-8,12,16H,5,9H2,(H2,23,28). The van der Waals surface area contributed by atoms with Crippen molar-refractivity contribution in [1.29, 1.82) is 0 Å². The molecule has 148 valence electrons. The Morgan fingerprint density at radius 3 is 2.62 bits per heavy atom. The van der Waals surface area contributed by atoms with Crippen LogP contribution in [0.4, 0.5) is 8.78 Å². The van der Waals surface area contributed by atoms with E-state index in [0.717, 1.165) is 24.4 Å². The molecule has 2 unspecified atom stereocenters.